The Kier molecular flexibility index (Phi) is 6.33. The zero-order valence-electron chi connectivity index (χ0n) is 10.5. The molecule has 0 radical (unpaired) electrons. The lowest BCUT2D eigenvalue weighted by molar-refractivity contribution is -0.122. The summed E-state index contributed by atoms with van der Waals surface area (Å²) < 4.78 is 0. The van der Waals surface area contributed by atoms with E-state index >= 15 is 0 Å². The van der Waals surface area contributed by atoms with E-state index in [1.165, 1.54) is 0 Å². The zero-order chi connectivity index (χ0) is 12.5. The lowest BCUT2D eigenvalue weighted by atomic mass is 9.95. The van der Waals surface area contributed by atoms with Crippen LogP contribution in [0.25, 0.3) is 0 Å². The van der Waals surface area contributed by atoms with Crippen molar-refractivity contribution in [2.75, 3.05) is 13.1 Å². The van der Waals surface area contributed by atoms with Gasteiger partial charge in [0.25, 0.3) is 0 Å². The predicted molar refractivity (Wildman–Crippen MR) is 70.8 cm³/mol. The first-order valence-corrected chi connectivity index (χ1v) is 6.32. The second kappa shape index (κ2) is 7.85. The van der Waals surface area contributed by atoms with Gasteiger partial charge in [-0.2, -0.15) is 0 Å². The molecule has 0 aromatic heterocycles. The quantitative estimate of drug-likeness (QED) is 0.709. The van der Waals surface area contributed by atoms with Gasteiger partial charge < -0.3 is 11.1 Å². The Hall–Kier alpha value is -1.35. The molecule has 1 amide bonds. The largest absolute Gasteiger partial charge is 0.356 e. The molecule has 0 aliphatic heterocycles. The topological polar surface area (TPSA) is 55.1 Å². The van der Waals surface area contributed by atoms with E-state index in [9.17, 15) is 4.79 Å². The lowest BCUT2D eigenvalue weighted by Gasteiger charge is -2.15. The number of benzene rings is 1. The van der Waals surface area contributed by atoms with Gasteiger partial charge >= 0.3 is 0 Å². The van der Waals surface area contributed by atoms with Crippen molar-refractivity contribution in [2.24, 2.45) is 5.73 Å². The number of hydrogen-bond acceptors (Lipinski definition) is 2. The minimum Gasteiger partial charge on any atom is -0.356 e. The van der Waals surface area contributed by atoms with Gasteiger partial charge in [0, 0.05) is 6.54 Å². The van der Waals surface area contributed by atoms with Crippen molar-refractivity contribution in [3.63, 3.8) is 0 Å². The van der Waals surface area contributed by atoms with Gasteiger partial charge in [0.1, 0.15) is 0 Å². The normalized spacial score (nSPS) is 12.1. The Morgan fingerprint density at radius 1 is 1.29 bits per heavy atom. The molecule has 17 heavy (non-hydrogen) atoms. The smallest absolute Gasteiger partial charge is 0.227 e. The Balaban J connectivity index is 2.48. The number of nitrogens with two attached hydrogens (primary N) is 1. The summed E-state index contributed by atoms with van der Waals surface area (Å²) in [6, 6.07) is 9.93. The van der Waals surface area contributed by atoms with E-state index in [0.29, 0.717) is 6.54 Å². The molecule has 1 rings (SSSR count). The van der Waals surface area contributed by atoms with Crippen LogP contribution in [0, 0.1) is 0 Å². The zero-order valence-corrected chi connectivity index (χ0v) is 10.5. The minimum atomic E-state index is -0.0333. The van der Waals surface area contributed by atoms with Gasteiger partial charge in [-0.15, -0.1) is 0 Å². The Morgan fingerprint density at radius 2 is 2.00 bits per heavy atom. The first kappa shape index (κ1) is 13.7. The molecule has 0 bridgehead atoms. The van der Waals surface area contributed by atoms with Gasteiger partial charge in [-0.25, -0.2) is 0 Å². The van der Waals surface area contributed by atoms with Crippen LogP contribution in [0.5, 0.6) is 0 Å². The van der Waals surface area contributed by atoms with E-state index in [0.717, 1.165) is 31.4 Å². The highest BCUT2D eigenvalue weighted by atomic mass is 16.1. The second-order valence-electron chi connectivity index (χ2n) is 4.16. The average Bonchev–Trinajstić information content (AvgIpc) is 2.37. The van der Waals surface area contributed by atoms with Gasteiger partial charge in [-0.05, 0) is 31.4 Å². The first-order chi connectivity index (χ1) is 8.29. The number of carbonyl (C=O) groups excluding carboxylic acids is 1. The number of hydrogen-bond donors (Lipinski definition) is 2. The summed E-state index contributed by atoms with van der Waals surface area (Å²) >= 11 is 0. The predicted octanol–water partition coefficient (Wildman–Crippen LogP) is 2.04. The monoisotopic (exact) mass is 234 g/mol. The number of unbranched alkanes of at least 4 members (excludes halogenated alkanes) is 1. The maximum Gasteiger partial charge on any atom is 0.227 e. The summed E-state index contributed by atoms with van der Waals surface area (Å²) in [6.07, 6.45) is 2.74. The van der Waals surface area contributed by atoms with Gasteiger partial charge in [0.05, 0.1) is 5.92 Å². The molecule has 3 nitrogen and oxygen atoms in total. The number of rotatable bonds is 7. The molecule has 0 saturated heterocycles. The SMILES string of the molecule is CCC(C(=O)NCCCCN)c1ccccc1. The van der Waals surface area contributed by atoms with E-state index in [-0.39, 0.29) is 11.8 Å². The van der Waals surface area contributed by atoms with E-state index < -0.39 is 0 Å². The molecule has 0 spiro atoms. The van der Waals surface area contributed by atoms with Gasteiger partial charge in [0.15, 0.2) is 0 Å². The standard InChI is InChI=1S/C14H22N2O/c1-2-13(12-8-4-3-5-9-12)14(17)16-11-7-6-10-15/h3-5,8-9,13H,2,6-7,10-11,15H2,1H3,(H,16,17). The molecule has 1 atom stereocenters. The maximum absolute atomic E-state index is 12.0. The molecular formula is C14H22N2O. The minimum absolute atomic E-state index is 0.0333. The molecule has 0 fully saturated rings. The summed E-state index contributed by atoms with van der Waals surface area (Å²) in [7, 11) is 0. The van der Waals surface area contributed by atoms with Crippen LogP contribution in [0.15, 0.2) is 30.3 Å². The summed E-state index contributed by atoms with van der Waals surface area (Å²) in [4.78, 5) is 12.0. The van der Waals surface area contributed by atoms with Crippen molar-refractivity contribution in [1.29, 1.82) is 0 Å². The molecule has 3 heteroatoms. The fourth-order valence-corrected chi connectivity index (χ4v) is 1.86. The second-order valence-corrected chi connectivity index (χ2v) is 4.16. The maximum atomic E-state index is 12.0. The molecular weight excluding hydrogens is 212 g/mol. The molecule has 94 valence electrons. The van der Waals surface area contributed by atoms with Crippen LogP contribution < -0.4 is 11.1 Å². The van der Waals surface area contributed by atoms with Crippen LogP contribution >= 0.6 is 0 Å². The molecule has 0 heterocycles. The Morgan fingerprint density at radius 3 is 2.59 bits per heavy atom. The van der Waals surface area contributed by atoms with Crippen molar-refractivity contribution in [3.8, 4) is 0 Å². The van der Waals surface area contributed by atoms with E-state index in [4.69, 9.17) is 5.73 Å². The highest BCUT2D eigenvalue weighted by Crippen LogP contribution is 2.18. The van der Waals surface area contributed by atoms with Crippen LogP contribution in [-0.2, 0) is 4.79 Å². The Bertz CT molecular complexity index is 324. The molecule has 1 aromatic carbocycles. The van der Waals surface area contributed by atoms with Gasteiger partial charge in [0.2, 0.25) is 5.91 Å². The highest BCUT2D eigenvalue weighted by Gasteiger charge is 2.17. The molecule has 1 aromatic rings. The first-order valence-electron chi connectivity index (χ1n) is 6.32. The van der Waals surface area contributed by atoms with Crippen LogP contribution in [0.2, 0.25) is 0 Å². The van der Waals surface area contributed by atoms with Crippen molar-refractivity contribution in [3.05, 3.63) is 35.9 Å². The van der Waals surface area contributed by atoms with E-state index in [2.05, 4.69) is 5.32 Å². The fourth-order valence-electron chi connectivity index (χ4n) is 1.86. The van der Waals surface area contributed by atoms with Crippen molar-refractivity contribution < 1.29 is 4.79 Å². The van der Waals surface area contributed by atoms with Crippen LogP contribution in [0.1, 0.15) is 37.7 Å². The van der Waals surface area contributed by atoms with Crippen molar-refractivity contribution in [2.45, 2.75) is 32.1 Å². The molecule has 0 aliphatic rings. The summed E-state index contributed by atoms with van der Waals surface area (Å²) in [5, 5.41) is 2.97. The van der Waals surface area contributed by atoms with E-state index in [1.54, 1.807) is 0 Å². The number of nitrogens with one attached hydrogen (secondary N) is 1. The van der Waals surface area contributed by atoms with Gasteiger partial charge in [-0.3, -0.25) is 4.79 Å². The third-order valence-electron chi connectivity index (χ3n) is 2.86. The summed E-state index contributed by atoms with van der Waals surface area (Å²) in [5.41, 5.74) is 6.50. The van der Waals surface area contributed by atoms with Crippen LogP contribution in [0.3, 0.4) is 0 Å². The number of amides is 1. The molecule has 1 unspecified atom stereocenters. The third kappa shape index (κ3) is 4.57. The molecule has 0 saturated carbocycles. The summed E-state index contributed by atoms with van der Waals surface area (Å²) in [5.74, 6) is 0.0878. The number of carbonyl (C=O) groups is 1. The van der Waals surface area contributed by atoms with Crippen molar-refractivity contribution in [1.82, 2.24) is 5.32 Å². The average molecular weight is 234 g/mol. The lowest BCUT2D eigenvalue weighted by Crippen LogP contribution is -2.30. The summed E-state index contributed by atoms with van der Waals surface area (Å²) in [6.45, 7) is 3.45. The molecule has 3 N–H and O–H groups in total. The third-order valence-corrected chi connectivity index (χ3v) is 2.86. The van der Waals surface area contributed by atoms with Crippen molar-refractivity contribution >= 4 is 5.91 Å². The van der Waals surface area contributed by atoms with Gasteiger partial charge in [-0.1, -0.05) is 37.3 Å². The van der Waals surface area contributed by atoms with E-state index in [1.807, 2.05) is 37.3 Å². The Labute approximate surface area is 103 Å². The van der Waals surface area contributed by atoms with Crippen LogP contribution in [0.4, 0.5) is 0 Å². The molecule has 0 aliphatic carbocycles. The fraction of sp³-hybridized carbons (Fsp3) is 0.500. The highest BCUT2D eigenvalue weighted by molar-refractivity contribution is 5.83. The van der Waals surface area contributed by atoms with Crippen LogP contribution in [-0.4, -0.2) is 19.0 Å².